The Bertz CT molecular complexity index is 252. The van der Waals surface area contributed by atoms with Gasteiger partial charge in [-0.3, -0.25) is 9.80 Å². The smallest absolute Gasteiger partial charge is 0.0829 e. The van der Waals surface area contributed by atoms with Gasteiger partial charge in [0, 0.05) is 38.8 Å². The number of nitrogens with zero attached hydrogens (tertiary/aromatic N) is 2. The van der Waals surface area contributed by atoms with E-state index in [9.17, 15) is 0 Å². The van der Waals surface area contributed by atoms with Gasteiger partial charge in [0.15, 0.2) is 0 Å². The largest absolute Gasteiger partial charge is 0.374 e. The molecule has 5 heteroatoms. The van der Waals surface area contributed by atoms with Crippen molar-refractivity contribution in [3.05, 3.63) is 0 Å². The number of morpholine rings is 2. The summed E-state index contributed by atoms with van der Waals surface area (Å²) in [5.74, 6) is 0. The molecule has 18 heavy (non-hydrogen) atoms. The molecule has 3 atom stereocenters. The fourth-order valence-electron chi connectivity index (χ4n) is 2.71. The molecule has 3 unspecified atom stereocenters. The van der Waals surface area contributed by atoms with Crippen LogP contribution in [0, 0.1) is 0 Å². The average Bonchev–Trinajstić information content (AvgIpc) is 2.41. The number of hydrogen-bond acceptors (Lipinski definition) is 5. The second-order valence-electron chi connectivity index (χ2n) is 5.38. The average molecular weight is 257 g/mol. The molecule has 106 valence electrons. The number of ether oxygens (including phenoxy) is 2. The summed E-state index contributed by atoms with van der Waals surface area (Å²) in [6.45, 7) is 11.8. The predicted octanol–water partition coefficient (Wildman–Crippen LogP) is -0.245. The van der Waals surface area contributed by atoms with Crippen molar-refractivity contribution in [1.29, 1.82) is 0 Å². The van der Waals surface area contributed by atoms with Gasteiger partial charge in [0.25, 0.3) is 0 Å². The molecule has 2 rings (SSSR count). The Hall–Kier alpha value is -0.200. The maximum atomic E-state index is 5.87. The normalized spacial score (nSPS) is 35.8. The maximum absolute atomic E-state index is 5.87. The monoisotopic (exact) mass is 257 g/mol. The molecule has 0 radical (unpaired) electrons. The van der Waals surface area contributed by atoms with E-state index < -0.39 is 0 Å². The van der Waals surface area contributed by atoms with E-state index >= 15 is 0 Å². The predicted molar refractivity (Wildman–Crippen MR) is 71.7 cm³/mol. The summed E-state index contributed by atoms with van der Waals surface area (Å²) in [5, 5.41) is 0. The van der Waals surface area contributed by atoms with Crippen molar-refractivity contribution < 1.29 is 9.47 Å². The zero-order valence-electron chi connectivity index (χ0n) is 11.7. The zero-order chi connectivity index (χ0) is 13.0. The van der Waals surface area contributed by atoms with E-state index in [0.717, 1.165) is 45.9 Å². The first kappa shape index (κ1) is 14.2. The van der Waals surface area contributed by atoms with Crippen molar-refractivity contribution in [2.75, 3.05) is 52.5 Å². The Morgan fingerprint density at radius 3 is 2.78 bits per heavy atom. The highest BCUT2D eigenvalue weighted by molar-refractivity contribution is 4.82. The third kappa shape index (κ3) is 3.65. The Morgan fingerprint density at radius 2 is 2.06 bits per heavy atom. The third-order valence-corrected chi connectivity index (χ3v) is 4.01. The van der Waals surface area contributed by atoms with Crippen LogP contribution in [0.1, 0.15) is 13.8 Å². The van der Waals surface area contributed by atoms with E-state index in [1.54, 1.807) is 0 Å². The maximum Gasteiger partial charge on any atom is 0.0829 e. The fourth-order valence-corrected chi connectivity index (χ4v) is 2.71. The van der Waals surface area contributed by atoms with Crippen LogP contribution in [0.2, 0.25) is 0 Å². The molecular weight excluding hydrogens is 230 g/mol. The van der Waals surface area contributed by atoms with Crippen LogP contribution in [0.25, 0.3) is 0 Å². The van der Waals surface area contributed by atoms with E-state index in [4.69, 9.17) is 15.2 Å². The second-order valence-corrected chi connectivity index (χ2v) is 5.38. The first-order valence-corrected chi connectivity index (χ1v) is 7.12. The van der Waals surface area contributed by atoms with Gasteiger partial charge in [-0.05, 0) is 13.5 Å². The van der Waals surface area contributed by atoms with Gasteiger partial charge in [0.2, 0.25) is 0 Å². The molecule has 0 aliphatic carbocycles. The Kier molecular flexibility index (Phi) is 5.38. The van der Waals surface area contributed by atoms with Crippen LogP contribution in [-0.2, 0) is 9.47 Å². The van der Waals surface area contributed by atoms with Gasteiger partial charge in [-0.2, -0.15) is 0 Å². The van der Waals surface area contributed by atoms with E-state index in [1.165, 1.54) is 0 Å². The summed E-state index contributed by atoms with van der Waals surface area (Å²) < 4.78 is 11.6. The first-order valence-electron chi connectivity index (χ1n) is 7.12. The minimum atomic E-state index is 0.187. The molecule has 2 saturated heterocycles. The number of likely N-dealkylation sites (N-methyl/N-ethyl adjacent to an activating group) is 1. The van der Waals surface area contributed by atoms with Crippen LogP contribution < -0.4 is 5.73 Å². The lowest BCUT2D eigenvalue weighted by molar-refractivity contribution is -0.0903. The standard InChI is InChI=1S/C13H27N3O2/c1-3-15-4-5-17-13(7-15)9-16-8-12(6-14)18-10-11(16)2/h11-13H,3-10,14H2,1-2H3. The summed E-state index contributed by atoms with van der Waals surface area (Å²) in [6.07, 6.45) is 0.518. The van der Waals surface area contributed by atoms with Crippen molar-refractivity contribution in [3.63, 3.8) is 0 Å². The molecule has 0 aromatic carbocycles. The summed E-state index contributed by atoms with van der Waals surface area (Å²) in [4.78, 5) is 4.92. The third-order valence-electron chi connectivity index (χ3n) is 4.01. The van der Waals surface area contributed by atoms with E-state index in [2.05, 4.69) is 23.6 Å². The lowest BCUT2D eigenvalue weighted by atomic mass is 10.1. The quantitative estimate of drug-likeness (QED) is 0.753. The SMILES string of the molecule is CCN1CCOC(CN2CC(CN)OCC2C)C1. The number of nitrogens with two attached hydrogens (primary N) is 1. The second kappa shape index (κ2) is 6.82. The van der Waals surface area contributed by atoms with E-state index in [-0.39, 0.29) is 6.10 Å². The molecular formula is C13H27N3O2. The van der Waals surface area contributed by atoms with Crippen LogP contribution in [0.15, 0.2) is 0 Å². The minimum Gasteiger partial charge on any atom is -0.374 e. The molecule has 5 nitrogen and oxygen atoms in total. The lowest BCUT2D eigenvalue weighted by Gasteiger charge is -2.41. The van der Waals surface area contributed by atoms with Crippen LogP contribution in [-0.4, -0.2) is 80.5 Å². The van der Waals surface area contributed by atoms with Crippen LogP contribution in [0.5, 0.6) is 0 Å². The van der Waals surface area contributed by atoms with E-state index in [1.807, 2.05) is 0 Å². The van der Waals surface area contributed by atoms with Gasteiger partial charge in [-0.15, -0.1) is 0 Å². The summed E-state index contributed by atoms with van der Waals surface area (Å²) >= 11 is 0. The Morgan fingerprint density at radius 1 is 1.22 bits per heavy atom. The van der Waals surface area contributed by atoms with Crippen molar-refractivity contribution in [2.24, 2.45) is 5.73 Å². The molecule has 0 bridgehead atoms. The minimum absolute atomic E-state index is 0.187. The van der Waals surface area contributed by atoms with Crippen LogP contribution in [0.3, 0.4) is 0 Å². The Labute approximate surface area is 110 Å². The highest BCUT2D eigenvalue weighted by atomic mass is 16.5. The summed E-state index contributed by atoms with van der Waals surface area (Å²) in [6, 6.07) is 0.466. The first-order chi connectivity index (χ1) is 8.72. The highest BCUT2D eigenvalue weighted by Gasteiger charge is 2.29. The molecule has 0 saturated carbocycles. The topological polar surface area (TPSA) is 51.0 Å². The van der Waals surface area contributed by atoms with Crippen molar-refractivity contribution in [3.8, 4) is 0 Å². The molecule has 2 fully saturated rings. The molecule has 2 N–H and O–H groups in total. The van der Waals surface area contributed by atoms with E-state index in [0.29, 0.717) is 18.7 Å². The number of rotatable bonds is 4. The van der Waals surface area contributed by atoms with Gasteiger partial charge in [-0.25, -0.2) is 0 Å². The van der Waals surface area contributed by atoms with Gasteiger partial charge in [-0.1, -0.05) is 6.92 Å². The van der Waals surface area contributed by atoms with Gasteiger partial charge in [0.05, 0.1) is 25.4 Å². The Balaban J connectivity index is 1.83. The summed E-state index contributed by atoms with van der Waals surface area (Å²) in [5.41, 5.74) is 5.70. The molecule has 2 aliphatic rings. The molecule has 0 spiro atoms. The highest BCUT2D eigenvalue weighted by Crippen LogP contribution is 2.14. The zero-order valence-corrected chi connectivity index (χ0v) is 11.7. The summed E-state index contributed by atoms with van der Waals surface area (Å²) in [7, 11) is 0. The molecule has 0 amide bonds. The van der Waals surface area contributed by atoms with Crippen LogP contribution >= 0.6 is 0 Å². The lowest BCUT2D eigenvalue weighted by Crippen LogP contribution is -2.55. The molecule has 0 aromatic rings. The van der Waals surface area contributed by atoms with Gasteiger partial charge < -0.3 is 15.2 Å². The van der Waals surface area contributed by atoms with Gasteiger partial charge in [0.1, 0.15) is 0 Å². The molecule has 2 heterocycles. The molecule has 2 aliphatic heterocycles. The van der Waals surface area contributed by atoms with Crippen LogP contribution in [0.4, 0.5) is 0 Å². The van der Waals surface area contributed by atoms with Crippen molar-refractivity contribution in [1.82, 2.24) is 9.80 Å². The van der Waals surface area contributed by atoms with Gasteiger partial charge >= 0.3 is 0 Å². The molecule has 0 aromatic heterocycles. The fraction of sp³-hybridized carbons (Fsp3) is 1.00. The van der Waals surface area contributed by atoms with Crippen molar-refractivity contribution >= 4 is 0 Å². The van der Waals surface area contributed by atoms with Crippen molar-refractivity contribution in [2.45, 2.75) is 32.1 Å². The number of hydrogen-bond donors (Lipinski definition) is 1.